The normalized spacial score (nSPS) is 18.6. The van der Waals surface area contributed by atoms with Gasteiger partial charge in [-0.15, -0.1) is 11.3 Å². The van der Waals surface area contributed by atoms with Gasteiger partial charge in [-0.05, 0) is 42.0 Å². The van der Waals surface area contributed by atoms with Crippen molar-refractivity contribution in [2.24, 2.45) is 5.92 Å². The Bertz CT molecular complexity index is 851. The van der Waals surface area contributed by atoms with E-state index >= 15 is 0 Å². The van der Waals surface area contributed by atoms with Gasteiger partial charge in [0.2, 0.25) is 5.91 Å². The highest BCUT2D eigenvalue weighted by atomic mass is 35.5. The van der Waals surface area contributed by atoms with Crippen LogP contribution in [0.25, 0.3) is 0 Å². The fourth-order valence-electron chi connectivity index (χ4n) is 3.15. The summed E-state index contributed by atoms with van der Waals surface area (Å²) < 4.78 is 27.2. The minimum Gasteiger partial charge on any atom is -0.341 e. The van der Waals surface area contributed by atoms with Crippen LogP contribution in [0.4, 0.5) is 0 Å². The second-order valence-corrected chi connectivity index (χ2v) is 10.0. The number of thiophene rings is 1. The molecule has 0 saturated carbocycles. The van der Waals surface area contributed by atoms with E-state index in [2.05, 4.69) is 0 Å². The molecule has 1 aliphatic rings. The second-order valence-electron chi connectivity index (χ2n) is 6.46. The largest absolute Gasteiger partial charge is 0.341 e. The van der Waals surface area contributed by atoms with Crippen molar-refractivity contribution in [2.75, 3.05) is 20.1 Å². The zero-order valence-electron chi connectivity index (χ0n) is 14.5. The number of nitrogens with zero attached hydrogens (tertiary/aromatic N) is 2. The molecular formula is C18H21ClN2O3S2. The molecule has 140 valence electrons. The third-order valence-electron chi connectivity index (χ3n) is 4.53. The molecule has 0 N–H and O–H groups in total. The van der Waals surface area contributed by atoms with Gasteiger partial charge in [0, 0.05) is 31.7 Å². The van der Waals surface area contributed by atoms with Crippen LogP contribution >= 0.6 is 22.9 Å². The van der Waals surface area contributed by atoms with Gasteiger partial charge in [0.15, 0.2) is 0 Å². The number of hydrogen-bond donors (Lipinski definition) is 0. The van der Waals surface area contributed by atoms with Crippen molar-refractivity contribution < 1.29 is 13.2 Å². The Balaban J connectivity index is 1.67. The number of halogens is 1. The van der Waals surface area contributed by atoms with Crippen LogP contribution in [0.1, 0.15) is 18.4 Å². The molecule has 8 heteroatoms. The lowest BCUT2D eigenvalue weighted by molar-refractivity contribution is -0.135. The number of piperidine rings is 1. The predicted molar refractivity (Wildman–Crippen MR) is 104 cm³/mol. The quantitative estimate of drug-likeness (QED) is 0.755. The SMILES string of the molecule is CN(Cc1ccc(Cl)cc1)C(=O)[C@H]1CCCN(S(=O)(=O)c2cccs2)C1. The molecule has 1 aliphatic heterocycles. The van der Waals surface area contributed by atoms with Crippen LogP contribution in [0, 0.1) is 5.92 Å². The van der Waals surface area contributed by atoms with E-state index in [9.17, 15) is 13.2 Å². The minimum atomic E-state index is -3.51. The second kappa shape index (κ2) is 8.08. The first-order valence-electron chi connectivity index (χ1n) is 8.41. The Labute approximate surface area is 163 Å². The molecule has 2 heterocycles. The molecule has 1 saturated heterocycles. The first-order chi connectivity index (χ1) is 12.4. The number of sulfonamides is 1. The van der Waals surface area contributed by atoms with Crippen LogP contribution in [-0.4, -0.2) is 43.7 Å². The summed E-state index contributed by atoms with van der Waals surface area (Å²) in [4.78, 5) is 14.5. The smallest absolute Gasteiger partial charge is 0.252 e. The van der Waals surface area contributed by atoms with Crippen molar-refractivity contribution in [3.63, 3.8) is 0 Å². The lowest BCUT2D eigenvalue weighted by atomic mass is 9.98. The molecule has 1 aromatic carbocycles. The molecular weight excluding hydrogens is 392 g/mol. The van der Waals surface area contributed by atoms with Gasteiger partial charge >= 0.3 is 0 Å². The third-order valence-corrected chi connectivity index (χ3v) is 8.02. The van der Waals surface area contributed by atoms with Crippen LogP contribution in [-0.2, 0) is 21.4 Å². The fraction of sp³-hybridized carbons (Fsp3) is 0.389. The summed E-state index contributed by atoms with van der Waals surface area (Å²) in [6.07, 6.45) is 1.40. The Morgan fingerprint density at radius 3 is 2.69 bits per heavy atom. The van der Waals surface area contributed by atoms with E-state index in [0.29, 0.717) is 35.2 Å². The Morgan fingerprint density at radius 1 is 1.31 bits per heavy atom. The van der Waals surface area contributed by atoms with Gasteiger partial charge in [0.05, 0.1) is 5.92 Å². The van der Waals surface area contributed by atoms with Gasteiger partial charge in [-0.1, -0.05) is 29.8 Å². The maximum Gasteiger partial charge on any atom is 0.252 e. The fourth-order valence-corrected chi connectivity index (χ4v) is 5.95. The van der Waals surface area contributed by atoms with Gasteiger partial charge < -0.3 is 4.90 Å². The van der Waals surface area contributed by atoms with E-state index in [0.717, 1.165) is 5.56 Å². The van der Waals surface area contributed by atoms with E-state index in [4.69, 9.17) is 11.6 Å². The van der Waals surface area contributed by atoms with E-state index in [1.165, 1.54) is 15.6 Å². The van der Waals surface area contributed by atoms with E-state index in [1.54, 1.807) is 41.6 Å². The number of carbonyl (C=O) groups excluding carboxylic acids is 1. The predicted octanol–water partition coefficient (Wildman–Crippen LogP) is 3.46. The summed E-state index contributed by atoms with van der Waals surface area (Å²) in [6, 6.07) is 10.7. The van der Waals surface area contributed by atoms with Crippen LogP contribution < -0.4 is 0 Å². The number of amides is 1. The molecule has 0 bridgehead atoms. The molecule has 1 atom stereocenters. The maximum absolute atomic E-state index is 12.8. The standard InChI is InChI=1S/C18H21ClN2O3S2/c1-20(12-14-6-8-16(19)9-7-14)18(22)15-4-2-10-21(13-15)26(23,24)17-5-3-11-25-17/h3,5-9,11,15H,2,4,10,12-13H2,1H3/t15-/m0/s1. The Hall–Kier alpha value is -1.41. The summed E-state index contributed by atoms with van der Waals surface area (Å²) in [6.45, 7) is 1.18. The molecule has 0 spiro atoms. The van der Waals surface area contributed by atoms with Crippen molar-refractivity contribution in [3.05, 3.63) is 52.4 Å². The van der Waals surface area contributed by atoms with Crippen molar-refractivity contribution >= 4 is 38.9 Å². The first-order valence-corrected chi connectivity index (χ1v) is 11.1. The van der Waals surface area contributed by atoms with Gasteiger partial charge in [0.25, 0.3) is 10.0 Å². The van der Waals surface area contributed by atoms with E-state index in [1.807, 2.05) is 12.1 Å². The van der Waals surface area contributed by atoms with Crippen molar-refractivity contribution in [1.29, 1.82) is 0 Å². The highest BCUT2D eigenvalue weighted by molar-refractivity contribution is 7.91. The van der Waals surface area contributed by atoms with Crippen molar-refractivity contribution in [2.45, 2.75) is 23.6 Å². The molecule has 2 aromatic rings. The van der Waals surface area contributed by atoms with Gasteiger partial charge in [-0.2, -0.15) is 4.31 Å². The molecule has 5 nitrogen and oxygen atoms in total. The topological polar surface area (TPSA) is 57.7 Å². The highest BCUT2D eigenvalue weighted by Gasteiger charge is 2.34. The van der Waals surface area contributed by atoms with Crippen LogP contribution in [0.5, 0.6) is 0 Å². The maximum atomic E-state index is 12.8. The first kappa shape index (κ1) is 19.4. The summed E-state index contributed by atoms with van der Waals surface area (Å²) >= 11 is 7.10. The average molecular weight is 413 g/mol. The molecule has 26 heavy (non-hydrogen) atoms. The summed E-state index contributed by atoms with van der Waals surface area (Å²) in [5, 5.41) is 2.41. The van der Waals surface area contributed by atoms with Crippen molar-refractivity contribution in [1.82, 2.24) is 9.21 Å². The molecule has 1 aromatic heterocycles. The minimum absolute atomic E-state index is 0.0222. The monoisotopic (exact) mass is 412 g/mol. The third kappa shape index (κ3) is 4.28. The highest BCUT2D eigenvalue weighted by Crippen LogP contribution is 2.27. The van der Waals surface area contributed by atoms with Crippen LogP contribution in [0.2, 0.25) is 5.02 Å². The zero-order chi connectivity index (χ0) is 18.7. The number of carbonyl (C=O) groups is 1. The summed E-state index contributed by atoms with van der Waals surface area (Å²) in [5.74, 6) is -0.332. The molecule has 1 amide bonds. The lowest BCUT2D eigenvalue weighted by Gasteiger charge is -2.33. The van der Waals surface area contributed by atoms with Gasteiger partial charge in [0.1, 0.15) is 4.21 Å². The zero-order valence-corrected chi connectivity index (χ0v) is 16.9. The molecule has 1 fully saturated rings. The molecule has 3 rings (SSSR count). The summed E-state index contributed by atoms with van der Waals surface area (Å²) in [5.41, 5.74) is 0.990. The van der Waals surface area contributed by atoms with Crippen LogP contribution in [0.3, 0.4) is 0 Å². The number of benzene rings is 1. The molecule has 0 unspecified atom stereocenters. The summed E-state index contributed by atoms with van der Waals surface area (Å²) in [7, 11) is -1.75. The number of rotatable bonds is 5. The number of hydrogen-bond acceptors (Lipinski definition) is 4. The van der Waals surface area contributed by atoms with Gasteiger partial charge in [-0.3, -0.25) is 4.79 Å². The van der Waals surface area contributed by atoms with Crippen LogP contribution in [0.15, 0.2) is 46.0 Å². The van der Waals surface area contributed by atoms with E-state index < -0.39 is 10.0 Å². The Kier molecular flexibility index (Phi) is 6.02. The molecule has 0 aliphatic carbocycles. The van der Waals surface area contributed by atoms with Crippen molar-refractivity contribution in [3.8, 4) is 0 Å². The average Bonchev–Trinajstić information content (AvgIpc) is 3.18. The van der Waals surface area contributed by atoms with E-state index in [-0.39, 0.29) is 18.4 Å². The Morgan fingerprint density at radius 2 is 2.04 bits per heavy atom. The van der Waals surface area contributed by atoms with Gasteiger partial charge in [-0.25, -0.2) is 8.42 Å². The lowest BCUT2D eigenvalue weighted by Crippen LogP contribution is -2.45. The molecule has 0 radical (unpaired) electrons.